The Balaban J connectivity index is 1.87. The number of carbonyl (C=O) groups is 2. The number of methoxy groups -OCH3 is 2. The fourth-order valence-electron chi connectivity index (χ4n) is 2.03. The van der Waals surface area contributed by atoms with Gasteiger partial charge in [-0.3, -0.25) is 9.59 Å². The van der Waals surface area contributed by atoms with Crippen molar-refractivity contribution in [1.82, 2.24) is 5.32 Å². The van der Waals surface area contributed by atoms with Gasteiger partial charge in [0.1, 0.15) is 24.7 Å². The van der Waals surface area contributed by atoms with Crippen LogP contribution in [-0.4, -0.2) is 32.6 Å². The van der Waals surface area contributed by atoms with Crippen molar-refractivity contribution in [2.45, 2.75) is 6.61 Å². The molecular formula is C18H18BrNO5. The summed E-state index contributed by atoms with van der Waals surface area (Å²) in [5, 5.41) is 2.52. The van der Waals surface area contributed by atoms with E-state index in [0.29, 0.717) is 17.1 Å². The van der Waals surface area contributed by atoms with Gasteiger partial charge in [0.2, 0.25) is 0 Å². The third-order valence-electron chi connectivity index (χ3n) is 3.30. The molecule has 0 aliphatic carbocycles. The summed E-state index contributed by atoms with van der Waals surface area (Å²) in [6, 6.07) is 12.2. The first kappa shape index (κ1) is 18.8. The lowest BCUT2D eigenvalue weighted by Gasteiger charge is -2.09. The summed E-state index contributed by atoms with van der Waals surface area (Å²) < 4.78 is 16.3. The van der Waals surface area contributed by atoms with E-state index in [0.717, 1.165) is 10.0 Å². The molecule has 1 amide bonds. The SMILES string of the molecule is COc1cc(OC)cc(C(=O)NCC(=O)OCc2cccc(Br)c2)c1. The number of rotatable bonds is 7. The standard InChI is InChI=1S/C18H18BrNO5/c1-23-15-7-13(8-16(9-15)24-2)18(22)20-10-17(21)25-11-12-4-3-5-14(19)6-12/h3-9H,10-11H2,1-2H3,(H,20,22). The van der Waals surface area contributed by atoms with Crippen molar-refractivity contribution in [3.05, 3.63) is 58.1 Å². The Bertz CT molecular complexity index is 741. The minimum absolute atomic E-state index is 0.140. The van der Waals surface area contributed by atoms with Gasteiger partial charge in [0.05, 0.1) is 14.2 Å². The number of carbonyl (C=O) groups excluding carboxylic acids is 2. The molecule has 0 aromatic heterocycles. The van der Waals surface area contributed by atoms with Crippen LogP contribution < -0.4 is 14.8 Å². The predicted octanol–water partition coefficient (Wildman–Crippen LogP) is 2.94. The fourth-order valence-corrected chi connectivity index (χ4v) is 2.48. The van der Waals surface area contributed by atoms with Crippen molar-refractivity contribution in [3.63, 3.8) is 0 Å². The van der Waals surface area contributed by atoms with E-state index in [9.17, 15) is 9.59 Å². The minimum Gasteiger partial charge on any atom is -0.497 e. The highest BCUT2D eigenvalue weighted by Gasteiger charge is 2.12. The Kier molecular flexibility index (Phi) is 6.82. The number of hydrogen-bond donors (Lipinski definition) is 1. The maximum Gasteiger partial charge on any atom is 0.325 e. The van der Waals surface area contributed by atoms with Crippen LogP contribution in [-0.2, 0) is 16.1 Å². The molecule has 2 aromatic carbocycles. The molecular weight excluding hydrogens is 390 g/mol. The third kappa shape index (κ3) is 5.79. The molecule has 2 aromatic rings. The molecule has 7 heteroatoms. The molecule has 1 N–H and O–H groups in total. The zero-order valence-corrected chi connectivity index (χ0v) is 15.5. The number of nitrogens with one attached hydrogen (secondary N) is 1. The van der Waals surface area contributed by atoms with Crippen molar-refractivity contribution < 1.29 is 23.8 Å². The first-order valence-corrected chi connectivity index (χ1v) is 8.22. The number of ether oxygens (including phenoxy) is 3. The number of amides is 1. The summed E-state index contributed by atoms with van der Waals surface area (Å²) in [7, 11) is 2.99. The average molecular weight is 408 g/mol. The summed E-state index contributed by atoms with van der Waals surface area (Å²) >= 11 is 3.35. The molecule has 6 nitrogen and oxygen atoms in total. The zero-order valence-electron chi connectivity index (χ0n) is 13.9. The zero-order chi connectivity index (χ0) is 18.2. The smallest absolute Gasteiger partial charge is 0.325 e. The highest BCUT2D eigenvalue weighted by molar-refractivity contribution is 9.10. The molecule has 0 atom stereocenters. The van der Waals surface area contributed by atoms with Crippen molar-refractivity contribution >= 4 is 27.8 Å². The van der Waals surface area contributed by atoms with E-state index in [4.69, 9.17) is 14.2 Å². The van der Waals surface area contributed by atoms with Crippen LogP contribution in [0, 0.1) is 0 Å². The molecule has 132 valence electrons. The van der Waals surface area contributed by atoms with Crippen LogP contribution in [0.25, 0.3) is 0 Å². The fraction of sp³-hybridized carbons (Fsp3) is 0.222. The Morgan fingerprint density at radius 3 is 2.32 bits per heavy atom. The Hall–Kier alpha value is -2.54. The average Bonchev–Trinajstić information content (AvgIpc) is 2.63. The maximum absolute atomic E-state index is 12.2. The minimum atomic E-state index is -0.525. The van der Waals surface area contributed by atoms with Crippen LogP contribution in [0.4, 0.5) is 0 Å². The molecule has 0 aliphatic rings. The van der Waals surface area contributed by atoms with E-state index in [2.05, 4.69) is 21.2 Å². The van der Waals surface area contributed by atoms with Gasteiger partial charge in [-0.2, -0.15) is 0 Å². The molecule has 0 aliphatic heterocycles. The molecule has 25 heavy (non-hydrogen) atoms. The normalized spacial score (nSPS) is 10.0. The van der Waals surface area contributed by atoms with Gasteiger partial charge < -0.3 is 19.5 Å². The summed E-state index contributed by atoms with van der Waals surface area (Å²) in [5.74, 6) is 0.0308. The van der Waals surface area contributed by atoms with Crippen molar-refractivity contribution in [2.75, 3.05) is 20.8 Å². The van der Waals surface area contributed by atoms with Gasteiger partial charge in [-0.05, 0) is 29.8 Å². The van der Waals surface area contributed by atoms with Crippen molar-refractivity contribution in [1.29, 1.82) is 0 Å². The highest BCUT2D eigenvalue weighted by atomic mass is 79.9. The van der Waals surface area contributed by atoms with Gasteiger partial charge in [-0.1, -0.05) is 28.1 Å². The number of benzene rings is 2. The van der Waals surface area contributed by atoms with Crippen LogP contribution in [0.1, 0.15) is 15.9 Å². The maximum atomic E-state index is 12.2. The van der Waals surface area contributed by atoms with Crippen molar-refractivity contribution in [3.8, 4) is 11.5 Å². The van der Waals surface area contributed by atoms with E-state index in [1.165, 1.54) is 14.2 Å². The first-order valence-electron chi connectivity index (χ1n) is 7.43. The number of halogens is 1. The van der Waals surface area contributed by atoms with Gasteiger partial charge in [0, 0.05) is 16.1 Å². The first-order chi connectivity index (χ1) is 12.0. The third-order valence-corrected chi connectivity index (χ3v) is 3.79. The molecule has 0 saturated heterocycles. The van der Waals surface area contributed by atoms with Crippen LogP contribution in [0.2, 0.25) is 0 Å². The lowest BCUT2D eigenvalue weighted by atomic mass is 10.2. The van der Waals surface area contributed by atoms with E-state index in [-0.39, 0.29) is 13.2 Å². The topological polar surface area (TPSA) is 73.9 Å². The van der Waals surface area contributed by atoms with Crippen molar-refractivity contribution in [2.24, 2.45) is 0 Å². The lowest BCUT2D eigenvalue weighted by Crippen LogP contribution is -2.30. The molecule has 2 rings (SSSR count). The van der Waals surface area contributed by atoms with Crippen LogP contribution in [0.15, 0.2) is 46.9 Å². The second-order valence-electron chi connectivity index (χ2n) is 5.07. The summed E-state index contributed by atoms with van der Waals surface area (Å²) in [6.45, 7) is -0.0898. The van der Waals surface area contributed by atoms with Crippen LogP contribution >= 0.6 is 15.9 Å². The van der Waals surface area contributed by atoms with Crippen LogP contribution in [0.3, 0.4) is 0 Å². The molecule has 0 spiro atoms. The highest BCUT2D eigenvalue weighted by Crippen LogP contribution is 2.22. The Morgan fingerprint density at radius 1 is 1.04 bits per heavy atom. The summed E-state index contributed by atoms with van der Waals surface area (Å²) in [4.78, 5) is 24.0. The van der Waals surface area contributed by atoms with Gasteiger partial charge >= 0.3 is 5.97 Å². The number of esters is 1. The van der Waals surface area contributed by atoms with Gasteiger partial charge in [-0.15, -0.1) is 0 Å². The van der Waals surface area contributed by atoms with E-state index < -0.39 is 11.9 Å². The predicted molar refractivity (Wildman–Crippen MR) is 95.8 cm³/mol. The van der Waals surface area contributed by atoms with Gasteiger partial charge in [0.15, 0.2) is 0 Å². The molecule has 0 saturated carbocycles. The van der Waals surface area contributed by atoms with Crippen LogP contribution in [0.5, 0.6) is 11.5 Å². The Morgan fingerprint density at radius 2 is 1.72 bits per heavy atom. The van der Waals surface area contributed by atoms with Gasteiger partial charge in [0.25, 0.3) is 5.91 Å². The second kappa shape index (κ2) is 9.08. The van der Waals surface area contributed by atoms with Gasteiger partial charge in [-0.25, -0.2) is 0 Å². The summed E-state index contributed by atoms with van der Waals surface area (Å²) in [6.07, 6.45) is 0. The van der Waals surface area contributed by atoms with E-state index in [1.54, 1.807) is 18.2 Å². The van der Waals surface area contributed by atoms with E-state index >= 15 is 0 Å². The molecule has 0 bridgehead atoms. The lowest BCUT2D eigenvalue weighted by molar-refractivity contribution is -0.143. The monoisotopic (exact) mass is 407 g/mol. The molecule has 0 unspecified atom stereocenters. The molecule has 0 heterocycles. The number of hydrogen-bond acceptors (Lipinski definition) is 5. The molecule has 0 radical (unpaired) electrons. The Labute approximate surface area is 154 Å². The quantitative estimate of drug-likeness (QED) is 0.714. The van der Waals surface area contributed by atoms with E-state index in [1.807, 2.05) is 24.3 Å². The summed E-state index contributed by atoms with van der Waals surface area (Å²) in [5.41, 5.74) is 1.18. The molecule has 0 fully saturated rings. The second-order valence-corrected chi connectivity index (χ2v) is 5.99. The largest absolute Gasteiger partial charge is 0.497 e.